The molecular formula is C8H18N2O3S. The number of rotatable bonds is 5. The molecule has 2 atom stereocenters. The molecule has 84 valence electrons. The molecule has 0 aliphatic carbocycles. The molecule has 6 heteroatoms. The van der Waals surface area contributed by atoms with Gasteiger partial charge in [0.15, 0.2) is 9.84 Å². The maximum Gasteiger partial charge on any atom is 0.238 e. The van der Waals surface area contributed by atoms with Crippen molar-refractivity contribution in [1.82, 2.24) is 5.32 Å². The molecule has 1 amide bonds. The number of nitrogens with one attached hydrogen (secondary N) is 1. The summed E-state index contributed by atoms with van der Waals surface area (Å²) in [6, 6.07) is -0.120. The first kappa shape index (κ1) is 13.4. The van der Waals surface area contributed by atoms with E-state index in [2.05, 4.69) is 5.32 Å². The van der Waals surface area contributed by atoms with Crippen LogP contribution in [0.3, 0.4) is 0 Å². The fourth-order valence-corrected chi connectivity index (χ4v) is 1.19. The summed E-state index contributed by atoms with van der Waals surface area (Å²) in [6.45, 7) is 3.58. The van der Waals surface area contributed by atoms with Gasteiger partial charge >= 0.3 is 0 Å². The van der Waals surface area contributed by atoms with Crippen LogP contribution in [0.25, 0.3) is 0 Å². The van der Waals surface area contributed by atoms with Gasteiger partial charge < -0.3 is 11.1 Å². The Balaban J connectivity index is 4.11. The average Bonchev–Trinajstić information content (AvgIpc) is 2.10. The van der Waals surface area contributed by atoms with Gasteiger partial charge in [0.25, 0.3) is 0 Å². The Morgan fingerprint density at radius 1 is 1.50 bits per heavy atom. The predicted molar refractivity (Wildman–Crippen MR) is 55.6 cm³/mol. The highest BCUT2D eigenvalue weighted by molar-refractivity contribution is 7.92. The van der Waals surface area contributed by atoms with Crippen LogP contribution in [0.1, 0.15) is 20.3 Å². The Morgan fingerprint density at radius 3 is 2.36 bits per heavy atom. The molecule has 0 saturated carbocycles. The lowest BCUT2D eigenvalue weighted by molar-refractivity contribution is -0.120. The van der Waals surface area contributed by atoms with Crippen LogP contribution in [0, 0.1) is 0 Å². The largest absolute Gasteiger partial charge is 0.353 e. The minimum absolute atomic E-state index is 0.120. The molecule has 0 saturated heterocycles. The third-order valence-electron chi connectivity index (χ3n) is 2.07. The number of sulfone groups is 1. The molecule has 0 bridgehead atoms. The maximum atomic E-state index is 11.3. The summed E-state index contributed by atoms with van der Waals surface area (Å²) in [7, 11) is -3.31. The van der Waals surface area contributed by atoms with Gasteiger partial charge in [0.2, 0.25) is 5.91 Å². The van der Waals surface area contributed by atoms with E-state index in [0.717, 1.165) is 12.7 Å². The lowest BCUT2D eigenvalue weighted by atomic mass is 10.2. The summed E-state index contributed by atoms with van der Waals surface area (Å²) in [5.74, 6) is -0.489. The normalized spacial score (nSPS) is 16.0. The van der Waals surface area contributed by atoms with E-state index < -0.39 is 21.0 Å². The minimum atomic E-state index is -3.31. The molecule has 2 unspecified atom stereocenters. The average molecular weight is 222 g/mol. The van der Waals surface area contributed by atoms with Crippen LogP contribution in [-0.4, -0.2) is 38.4 Å². The van der Waals surface area contributed by atoms with Crippen LogP contribution in [0.4, 0.5) is 0 Å². The van der Waals surface area contributed by atoms with E-state index in [1.54, 1.807) is 0 Å². The van der Waals surface area contributed by atoms with Crippen LogP contribution >= 0.6 is 0 Å². The third-order valence-corrected chi connectivity index (χ3v) is 3.57. The molecule has 0 aromatic rings. The van der Waals surface area contributed by atoms with Crippen molar-refractivity contribution >= 4 is 15.7 Å². The van der Waals surface area contributed by atoms with Gasteiger partial charge in [-0.25, -0.2) is 8.42 Å². The SMILES string of the molecule is CCC(N)CNC(=O)C(C)S(C)(=O)=O. The smallest absolute Gasteiger partial charge is 0.238 e. The predicted octanol–water partition coefficient (Wildman–Crippen LogP) is -0.727. The zero-order valence-electron chi connectivity index (χ0n) is 8.78. The van der Waals surface area contributed by atoms with Crippen LogP contribution in [0.5, 0.6) is 0 Å². The van der Waals surface area contributed by atoms with E-state index >= 15 is 0 Å². The standard InChI is InChI=1S/C8H18N2O3S/c1-4-7(9)5-10-8(11)6(2)14(3,12)13/h6-7H,4-5,9H2,1-3H3,(H,10,11). The van der Waals surface area contributed by atoms with E-state index in [9.17, 15) is 13.2 Å². The van der Waals surface area contributed by atoms with Crippen molar-refractivity contribution in [2.75, 3.05) is 12.8 Å². The Bertz CT molecular complexity index is 287. The molecule has 0 spiro atoms. The highest BCUT2D eigenvalue weighted by Crippen LogP contribution is 1.97. The van der Waals surface area contributed by atoms with Crippen molar-refractivity contribution in [3.63, 3.8) is 0 Å². The molecule has 0 aliphatic heterocycles. The van der Waals surface area contributed by atoms with Crippen LogP contribution in [0.15, 0.2) is 0 Å². The second kappa shape index (κ2) is 5.31. The molecular weight excluding hydrogens is 204 g/mol. The molecule has 14 heavy (non-hydrogen) atoms. The highest BCUT2D eigenvalue weighted by Gasteiger charge is 2.23. The van der Waals surface area contributed by atoms with Gasteiger partial charge in [0.05, 0.1) is 0 Å². The molecule has 0 heterocycles. The Morgan fingerprint density at radius 2 is 2.00 bits per heavy atom. The Labute approximate surface area is 85.0 Å². The topological polar surface area (TPSA) is 89.3 Å². The zero-order chi connectivity index (χ0) is 11.4. The van der Waals surface area contributed by atoms with E-state index in [4.69, 9.17) is 5.73 Å². The van der Waals surface area contributed by atoms with Gasteiger partial charge in [-0.3, -0.25) is 4.79 Å². The Kier molecular flexibility index (Phi) is 5.07. The monoisotopic (exact) mass is 222 g/mol. The summed E-state index contributed by atoms with van der Waals surface area (Å²) < 4.78 is 22.0. The van der Waals surface area contributed by atoms with Crippen molar-refractivity contribution in [2.45, 2.75) is 31.6 Å². The molecule has 0 radical (unpaired) electrons. The summed E-state index contributed by atoms with van der Waals surface area (Å²) in [4.78, 5) is 11.3. The molecule has 3 N–H and O–H groups in total. The van der Waals surface area contributed by atoms with Gasteiger partial charge in [0, 0.05) is 18.8 Å². The van der Waals surface area contributed by atoms with Crippen LogP contribution in [0.2, 0.25) is 0 Å². The van der Waals surface area contributed by atoms with Crippen molar-refractivity contribution in [3.8, 4) is 0 Å². The van der Waals surface area contributed by atoms with Gasteiger partial charge in [-0.2, -0.15) is 0 Å². The van der Waals surface area contributed by atoms with Crippen molar-refractivity contribution in [1.29, 1.82) is 0 Å². The quantitative estimate of drug-likeness (QED) is 0.642. The van der Waals surface area contributed by atoms with E-state index in [0.29, 0.717) is 6.54 Å². The summed E-state index contributed by atoms with van der Waals surface area (Å²) in [6.07, 6.45) is 1.78. The van der Waals surface area contributed by atoms with Gasteiger partial charge in [-0.1, -0.05) is 6.92 Å². The first-order valence-corrected chi connectivity index (χ1v) is 6.46. The fourth-order valence-electron chi connectivity index (χ4n) is 0.714. The van der Waals surface area contributed by atoms with Gasteiger partial charge in [0.1, 0.15) is 5.25 Å². The van der Waals surface area contributed by atoms with Crippen molar-refractivity contribution in [2.24, 2.45) is 5.73 Å². The number of hydrogen-bond donors (Lipinski definition) is 2. The summed E-state index contributed by atoms with van der Waals surface area (Å²) >= 11 is 0. The third kappa shape index (κ3) is 4.57. The first-order chi connectivity index (χ1) is 6.29. The zero-order valence-corrected chi connectivity index (χ0v) is 9.60. The summed E-state index contributed by atoms with van der Waals surface area (Å²) in [5, 5.41) is 1.49. The highest BCUT2D eigenvalue weighted by atomic mass is 32.2. The number of nitrogens with two attached hydrogens (primary N) is 1. The Hall–Kier alpha value is -0.620. The molecule has 0 aliphatic rings. The van der Waals surface area contributed by atoms with E-state index in [1.165, 1.54) is 6.92 Å². The molecule has 0 aromatic carbocycles. The first-order valence-electron chi connectivity index (χ1n) is 4.51. The lowest BCUT2D eigenvalue weighted by Gasteiger charge is -2.13. The molecule has 0 aromatic heterocycles. The van der Waals surface area contributed by atoms with E-state index in [-0.39, 0.29) is 6.04 Å². The van der Waals surface area contributed by atoms with Crippen molar-refractivity contribution < 1.29 is 13.2 Å². The molecule has 0 fully saturated rings. The van der Waals surface area contributed by atoms with Crippen LogP contribution in [-0.2, 0) is 14.6 Å². The van der Waals surface area contributed by atoms with Gasteiger partial charge in [-0.15, -0.1) is 0 Å². The number of hydrogen-bond acceptors (Lipinski definition) is 4. The second-order valence-corrected chi connectivity index (χ2v) is 5.75. The van der Waals surface area contributed by atoms with E-state index in [1.807, 2.05) is 6.92 Å². The lowest BCUT2D eigenvalue weighted by Crippen LogP contribution is -2.43. The molecule has 0 rings (SSSR count). The number of amides is 1. The summed E-state index contributed by atoms with van der Waals surface area (Å²) in [5.41, 5.74) is 5.57. The maximum absolute atomic E-state index is 11.3. The number of carbonyl (C=O) groups is 1. The fraction of sp³-hybridized carbons (Fsp3) is 0.875. The number of carbonyl (C=O) groups excluding carboxylic acids is 1. The minimum Gasteiger partial charge on any atom is -0.353 e. The van der Waals surface area contributed by atoms with Crippen molar-refractivity contribution in [3.05, 3.63) is 0 Å². The second-order valence-electron chi connectivity index (χ2n) is 3.39. The van der Waals surface area contributed by atoms with Gasteiger partial charge in [-0.05, 0) is 13.3 Å². The van der Waals surface area contributed by atoms with Crippen LogP contribution < -0.4 is 11.1 Å². The molecule has 5 nitrogen and oxygen atoms in total.